The van der Waals surface area contributed by atoms with Crippen LogP contribution in [0.3, 0.4) is 0 Å². The lowest BCUT2D eigenvalue weighted by atomic mass is 10.1. The van der Waals surface area contributed by atoms with Gasteiger partial charge < -0.3 is 4.74 Å². The first kappa shape index (κ1) is 12.5. The number of hydrogen-bond donors (Lipinski definition) is 0. The van der Waals surface area contributed by atoms with Crippen LogP contribution >= 0.6 is 31.9 Å². The van der Waals surface area contributed by atoms with E-state index >= 15 is 0 Å². The van der Waals surface area contributed by atoms with E-state index in [9.17, 15) is 9.59 Å². The number of ketones is 1. The van der Waals surface area contributed by atoms with Gasteiger partial charge >= 0.3 is 5.97 Å². The van der Waals surface area contributed by atoms with E-state index in [1.54, 1.807) is 24.3 Å². The molecule has 3 nitrogen and oxygen atoms in total. The van der Waals surface area contributed by atoms with Crippen LogP contribution in [-0.4, -0.2) is 17.9 Å². The van der Waals surface area contributed by atoms with Gasteiger partial charge in [-0.25, -0.2) is 4.79 Å². The van der Waals surface area contributed by atoms with Crippen molar-refractivity contribution < 1.29 is 14.3 Å². The average molecular weight is 360 g/mol. The van der Waals surface area contributed by atoms with Crippen LogP contribution in [0.2, 0.25) is 0 Å². The Bertz CT molecular complexity index is 494. The number of carbonyl (C=O) groups is 2. The molecular weight excluding hydrogens is 352 g/mol. The summed E-state index contributed by atoms with van der Waals surface area (Å²) in [5, 5.41) is 0. The number of hydrogen-bond acceptors (Lipinski definition) is 3. The number of benzene rings is 1. The third-order valence-electron chi connectivity index (χ3n) is 2.39. The van der Waals surface area contributed by atoms with E-state index in [1.165, 1.54) is 0 Å². The second-order valence-electron chi connectivity index (χ2n) is 3.55. The summed E-state index contributed by atoms with van der Waals surface area (Å²) in [6.45, 7) is 0. The molecule has 0 radical (unpaired) electrons. The van der Waals surface area contributed by atoms with E-state index < -0.39 is 12.1 Å². The van der Waals surface area contributed by atoms with Gasteiger partial charge in [0, 0.05) is 5.56 Å². The number of halogens is 2. The summed E-state index contributed by atoms with van der Waals surface area (Å²) >= 11 is 6.35. The van der Waals surface area contributed by atoms with E-state index in [4.69, 9.17) is 4.74 Å². The number of rotatable bonds is 3. The van der Waals surface area contributed by atoms with Gasteiger partial charge in [-0.2, -0.15) is 0 Å². The molecule has 1 aliphatic rings. The molecular formula is C12H8Br2O3. The van der Waals surface area contributed by atoms with Crippen molar-refractivity contribution in [1.29, 1.82) is 0 Å². The third kappa shape index (κ3) is 2.66. The highest BCUT2D eigenvalue weighted by atomic mass is 79.9. The molecule has 1 aliphatic heterocycles. The molecule has 0 amide bonds. The molecule has 5 heteroatoms. The molecule has 0 fully saturated rings. The van der Waals surface area contributed by atoms with Gasteiger partial charge in [-0.15, -0.1) is 0 Å². The number of cyclic esters (lactones) is 1. The molecule has 88 valence electrons. The quantitative estimate of drug-likeness (QED) is 0.615. The summed E-state index contributed by atoms with van der Waals surface area (Å²) in [6, 6.07) is 8.93. The van der Waals surface area contributed by atoms with Gasteiger partial charge in [0.1, 0.15) is 10.6 Å². The molecule has 0 saturated heterocycles. The standard InChI is InChI=1S/C12H8Br2O3/c13-10-9(17-12(16)11(10)14)6-8(15)7-4-2-1-3-5-7/h1-5,9H,6H2. The summed E-state index contributed by atoms with van der Waals surface area (Å²) in [5.74, 6) is -0.495. The fraction of sp³-hybridized carbons (Fsp3) is 0.167. The van der Waals surface area contributed by atoms with Gasteiger partial charge in [-0.1, -0.05) is 46.3 Å². The predicted molar refractivity (Wildman–Crippen MR) is 70.1 cm³/mol. The maximum atomic E-state index is 11.9. The molecule has 0 saturated carbocycles. The molecule has 0 aromatic heterocycles. The summed E-state index contributed by atoms with van der Waals surface area (Å²) in [4.78, 5) is 23.2. The van der Waals surface area contributed by atoms with Crippen molar-refractivity contribution in [2.45, 2.75) is 12.5 Å². The second kappa shape index (κ2) is 5.14. The van der Waals surface area contributed by atoms with E-state index in [1.807, 2.05) is 6.07 Å². The molecule has 0 aliphatic carbocycles. The molecule has 1 heterocycles. The highest BCUT2D eigenvalue weighted by Crippen LogP contribution is 2.33. The first-order valence-electron chi connectivity index (χ1n) is 4.94. The minimum Gasteiger partial charge on any atom is -0.452 e. The molecule has 2 rings (SSSR count). The van der Waals surface area contributed by atoms with Crippen molar-refractivity contribution in [3.63, 3.8) is 0 Å². The zero-order valence-electron chi connectivity index (χ0n) is 8.65. The number of ether oxygens (including phenoxy) is 1. The van der Waals surface area contributed by atoms with Gasteiger partial charge in [-0.3, -0.25) is 4.79 Å². The zero-order chi connectivity index (χ0) is 12.4. The van der Waals surface area contributed by atoms with Gasteiger partial charge in [-0.05, 0) is 15.9 Å². The predicted octanol–water partition coefficient (Wildman–Crippen LogP) is 3.19. The highest BCUT2D eigenvalue weighted by molar-refractivity contribution is 9.14. The van der Waals surface area contributed by atoms with E-state index in [0.29, 0.717) is 14.5 Å². The molecule has 1 aromatic rings. The Morgan fingerprint density at radius 1 is 1.24 bits per heavy atom. The smallest absolute Gasteiger partial charge is 0.346 e. The number of Topliss-reactive ketones (excluding diaryl/α,β-unsaturated/α-hetero) is 1. The molecule has 0 N–H and O–H groups in total. The van der Waals surface area contributed by atoms with Crippen LogP contribution in [0.1, 0.15) is 16.8 Å². The fourth-order valence-electron chi connectivity index (χ4n) is 1.51. The molecule has 1 unspecified atom stereocenters. The Balaban J connectivity index is 2.09. The van der Waals surface area contributed by atoms with Crippen LogP contribution in [0.15, 0.2) is 39.3 Å². The van der Waals surface area contributed by atoms with E-state index in [0.717, 1.165) is 0 Å². The summed E-state index contributed by atoms with van der Waals surface area (Å²) in [5.41, 5.74) is 0.617. The fourth-order valence-corrected chi connectivity index (χ4v) is 2.28. The highest BCUT2D eigenvalue weighted by Gasteiger charge is 2.32. The molecule has 0 bridgehead atoms. The number of carbonyl (C=O) groups excluding carboxylic acids is 2. The minimum atomic E-state index is -0.524. The Morgan fingerprint density at radius 2 is 1.88 bits per heavy atom. The minimum absolute atomic E-state index is 0.0532. The zero-order valence-corrected chi connectivity index (χ0v) is 11.8. The van der Waals surface area contributed by atoms with Crippen LogP contribution in [0.25, 0.3) is 0 Å². The Kier molecular flexibility index (Phi) is 3.79. The van der Waals surface area contributed by atoms with Crippen molar-refractivity contribution in [1.82, 2.24) is 0 Å². The van der Waals surface area contributed by atoms with Crippen molar-refractivity contribution >= 4 is 43.6 Å². The van der Waals surface area contributed by atoms with Crippen LogP contribution in [-0.2, 0) is 9.53 Å². The van der Waals surface area contributed by atoms with Crippen molar-refractivity contribution in [2.24, 2.45) is 0 Å². The summed E-state index contributed by atoms with van der Waals surface area (Å²) in [6.07, 6.45) is -0.379. The SMILES string of the molecule is O=C1OC(CC(=O)c2ccccc2)C(Br)=C1Br. The summed E-state index contributed by atoms with van der Waals surface area (Å²) < 4.78 is 5.99. The Morgan fingerprint density at radius 3 is 2.41 bits per heavy atom. The molecule has 1 aromatic carbocycles. The van der Waals surface area contributed by atoms with Gasteiger partial charge in [0.25, 0.3) is 0 Å². The Hall–Kier alpha value is -0.940. The van der Waals surface area contributed by atoms with Gasteiger partial charge in [0.05, 0.1) is 10.9 Å². The Labute approximate surface area is 115 Å². The van der Waals surface area contributed by atoms with Crippen LogP contribution in [0.4, 0.5) is 0 Å². The summed E-state index contributed by atoms with van der Waals surface area (Å²) in [7, 11) is 0. The maximum absolute atomic E-state index is 11.9. The van der Waals surface area contributed by atoms with Gasteiger partial charge in [0.2, 0.25) is 0 Å². The van der Waals surface area contributed by atoms with Crippen LogP contribution < -0.4 is 0 Å². The number of esters is 1. The van der Waals surface area contributed by atoms with Gasteiger partial charge in [0.15, 0.2) is 5.78 Å². The van der Waals surface area contributed by atoms with Crippen LogP contribution in [0, 0.1) is 0 Å². The van der Waals surface area contributed by atoms with E-state index in [2.05, 4.69) is 31.9 Å². The monoisotopic (exact) mass is 358 g/mol. The largest absolute Gasteiger partial charge is 0.452 e. The first-order valence-corrected chi connectivity index (χ1v) is 6.52. The lowest BCUT2D eigenvalue weighted by Gasteiger charge is -2.09. The third-order valence-corrected chi connectivity index (χ3v) is 4.58. The topological polar surface area (TPSA) is 43.4 Å². The van der Waals surface area contributed by atoms with Crippen molar-refractivity contribution in [2.75, 3.05) is 0 Å². The lowest BCUT2D eigenvalue weighted by molar-refractivity contribution is -0.138. The molecule has 1 atom stereocenters. The maximum Gasteiger partial charge on any atom is 0.346 e. The lowest BCUT2D eigenvalue weighted by Crippen LogP contribution is -2.15. The van der Waals surface area contributed by atoms with Crippen molar-refractivity contribution in [3.8, 4) is 0 Å². The average Bonchev–Trinajstić information content (AvgIpc) is 2.58. The second-order valence-corrected chi connectivity index (χ2v) is 5.20. The van der Waals surface area contributed by atoms with Crippen LogP contribution in [0.5, 0.6) is 0 Å². The normalized spacial score (nSPS) is 19.4. The first-order chi connectivity index (χ1) is 8.09. The molecule has 0 spiro atoms. The molecule has 17 heavy (non-hydrogen) atoms. The van der Waals surface area contributed by atoms with Crippen molar-refractivity contribution in [3.05, 3.63) is 44.9 Å². The van der Waals surface area contributed by atoms with E-state index in [-0.39, 0.29) is 12.2 Å².